The van der Waals surface area contributed by atoms with Crippen molar-refractivity contribution in [1.29, 1.82) is 0 Å². The molecule has 3 nitrogen and oxygen atoms in total. The van der Waals surface area contributed by atoms with E-state index in [0.717, 1.165) is 15.7 Å². The Morgan fingerprint density at radius 2 is 2.25 bits per heavy atom. The highest BCUT2D eigenvalue weighted by molar-refractivity contribution is 9.10. The highest BCUT2D eigenvalue weighted by Crippen LogP contribution is 2.20. The molecular weight excluding hydrogens is 338 g/mol. The molecule has 1 aromatic heterocycles. The van der Waals surface area contributed by atoms with Crippen molar-refractivity contribution in [2.75, 3.05) is 18.5 Å². The Kier molecular flexibility index (Phi) is 6.04. The lowest BCUT2D eigenvalue weighted by Gasteiger charge is -2.14. The zero-order valence-electron chi connectivity index (χ0n) is 11.3. The smallest absolute Gasteiger partial charge is 0.0945 e. The number of benzene rings is 1. The van der Waals surface area contributed by atoms with Crippen LogP contribution >= 0.6 is 27.3 Å². The molecule has 1 aromatic carbocycles. The van der Waals surface area contributed by atoms with Gasteiger partial charge in [-0.05, 0) is 36.1 Å². The molecule has 1 heterocycles. The number of aliphatic hydroxyl groups is 1. The minimum Gasteiger partial charge on any atom is -0.389 e. The van der Waals surface area contributed by atoms with Gasteiger partial charge < -0.3 is 15.2 Å². The predicted octanol–water partition coefficient (Wildman–Crippen LogP) is 3.81. The van der Waals surface area contributed by atoms with E-state index in [4.69, 9.17) is 4.74 Å². The van der Waals surface area contributed by atoms with Crippen molar-refractivity contribution in [3.63, 3.8) is 0 Å². The highest BCUT2D eigenvalue weighted by atomic mass is 79.9. The first-order chi connectivity index (χ1) is 9.65. The molecule has 108 valence electrons. The van der Waals surface area contributed by atoms with Gasteiger partial charge in [-0.3, -0.25) is 0 Å². The molecule has 2 aromatic rings. The molecule has 0 radical (unpaired) electrons. The van der Waals surface area contributed by atoms with Crippen LogP contribution in [-0.2, 0) is 11.3 Å². The van der Waals surface area contributed by atoms with Gasteiger partial charge in [0.25, 0.3) is 0 Å². The zero-order valence-corrected chi connectivity index (χ0v) is 13.7. The SMILES string of the molecule is Cc1ccc(Br)cc1NCC(O)COCc1cccs1. The summed E-state index contributed by atoms with van der Waals surface area (Å²) in [7, 11) is 0. The van der Waals surface area contributed by atoms with Crippen molar-refractivity contribution in [1.82, 2.24) is 0 Å². The summed E-state index contributed by atoms with van der Waals surface area (Å²) in [6.45, 7) is 3.40. The van der Waals surface area contributed by atoms with E-state index in [1.807, 2.05) is 42.6 Å². The third-order valence-electron chi connectivity index (χ3n) is 2.86. The maximum Gasteiger partial charge on any atom is 0.0945 e. The Morgan fingerprint density at radius 1 is 1.40 bits per heavy atom. The molecule has 0 spiro atoms. The van der Waals surface area contributed by atoms with Crippen LogP contribution in [0.5, 0.6) is 0 Å². The van der Waals surface area contributed by atoms with Gasteiger partial charge >= 0.3 is 0 Å². The molecule has 0 aliphatic rings. The standard InChI is InChI=1S/C15H18BrNO2S/c1-11-4-5-12(16)7-15(11)17-8-13(18)9-19-10-14-3-2-6-20-14/h2-7,13,17-18H,8-10H2,1H3. The van der Waals surface area contributed by atoms with E-state index in [0.29, 0.717) is 19.8 Å². The second-order valence-electron chi connectivity index (χ2n) is 4.59. The monoisotopic (exact) mass is 355 g/mol. The van der Waals surface area contributed by atoms with Crippen LogP contribution in [0.25, 0.3) is 0 Å². The van der Waals surface area contributed by atoms with Crippen molar-refractivity contribution < 1.29 is 9.84 Å². The van der Waals surface area contributed by atoms with Gasteiger partial charge in [0.05, 0.1) is 19.3 Å². The van der Waals surface area contributed by atoms with Crippen molar-refractivity contribution in [2.45, 2.75) is 19.6 Å². The maximum atomic E-state index is 9.90. The van der Waals surface area contributed by atoms with Crippen LogP contribution in [0.1, 0.15) is 10.4 Å². The Labute approximate surface area is 131 Å². The number of thiophene rings is 1. The second-order valence-corrected chi connectivity index (χ2v) is 6.54. The summed E-state index contributed by atoms with van der Waals surface area (Å²) in [6, 6.07) is 10.1. The number of nitrogens with one attached hydrogen (secondary N) is 1. The van der Waals surface area contributed by atoms with Crippen molar-refractivity contribution in [2.24, 2.45) is 0 Å². The van der Waals surface area contributed by atoms with E-state index in [1.54, 1.807) is 11.3 Å². The maximum absolute atomic E-state index is 9.90. The van der Waals surface area contributed by atoms with Gasteiger partial charge in [-0.1, -0.05) is 28.1 Å². The number of halogens is 1. The van der Waals surface area contributed by atoms with Gasteiger partial charge in [0.1, 0.15) is 0 Å². The van der Waals surface area contributed by atoms with Gasteiger partial charge in [0.2, 0.25) is 0 Å². The van der Waals surface area contributed by atoms with Crippen LogP contribution in [0, 0.1) is 6.92 Å². The Balaban J connectivity index is 1.71. The lowest BCUT2D eigenvalue weighted by atomic mass is 10.2. The number of rotatable bonds is 7. The Bertz CT molecular complexity index is 531. The van der Waals surface area contributed by atoms with Crippen molar-refractivity contribution >= 4 is 33.0 Å². The van der Waals surface area contributed by atoms with Crippen molar-refractivity contribution in [3.8, 4) is 0 Å². The molecule has 0 bridgehead atoms. The minimum atomic E-state index is -0.520. The van der Waals surface area contributed by atoms with Gasteiger partial charge in [0, 0.05) is 21.6 Å². The number of aryl methyl sites for hydroxylation is 1. The molecule has 20 heavy (non-hydrogen) atoms. The molecular formula is C15H18BrNO2S. The van der Waals surface area contributed by atoms with Gasteiger partial charge in [0.15, 0.2) is 0 Å². The number of anilines is 1. The fourth-order valence-corrected chi connectivity index (χ4v) is 2.76. The second kappa shape index (κ2) is 7.78. The molecule has 0 fully saturated rings. The van der Waals surface area contributed by atoms with Crippen LogP contribution in [0.3, 0.4) is 0 Å². The fraction of sp³-hybridized carbons (Fsp3) is 0.333. The predicted molar refractivity (Wildman–Crippen MR) is 87.4 cm³/mol. The molecule has 2 N–H and O–H groups in total. The summed E-state index contributed by atoms with van der Waals surface area (Å²) in [6.07, 6.45) is -0.520. The molecule has 1 unspecified atom stereocenters. The first-order valence-corrected chi connectivity index (χ1v) is 8.10. The molecule has 0 amide bonds. The summed E-state index contributed by atoms with van der Waals surface area (Å²) < 4.78 is 6.52. The van der Waals surface area contributed by atoms with E-state index in [1.165, 1.54) is 4.88 Å². The quantitative estimate of drug-likeness (QED) is 0.793. The third kappa shape index (κ3) is 4.90. The van der Waals surface area contributed by atoms with Crippen LogP contribution in [0.15, 0.2) is 40.2 Å². The topological polar surface area (TPSA) is 41.5 Å². The first-order valence-electron chi connectivity index (χ1n) is 6.43. The van der Waals surface area contributed by atoms with Gasteiger partial charge in [-0.15, -0.1) is 11.3 Å². The van der Waals surface area contributed by atoms with E-state index in [2.05, 4.69) is 21.2 Å². The van der Waals surface area contributed by atoms with Crippen LogP contribution in [0.4, 0.5) is 5.69 Å². The first kappa shape index (κ1) is 15.5. The summed E-state index contributed by atoms with van der Waals surface area (Å²) in [5, 5.41) is 15.2. The Morgan fingerprint density at radius 3 is 3.00 bits per heavy atom. The zero-order chi connectivity index (χ0) is 14.4. The summed E-state index contributed by atoms with van der Waals surface area (Å²) >= 11 is 5.10. The third-order valence-corrected chi connectivity index (χ3v) is 4.21. The molecule has 0 saturated carbocycles. The summed E-state index contributed by atoms with van der Waals surface area (Å²) in [5.74, 6) is 0. The van der Waals surface area contributed by atoms with Crippen LogP contribution < -0.4 is 5.32 Å². The van der Waals surface area contributed by atoms with E-state index >= 15 is 0 Å². The highest BCUT2D eigenvalue weighted by Gasteiger charge is 2.06. The average molecular weight is 356 g/mol. The number of hydrogen-bond acceptors (Lipinski definition) is 4. The molecule has 2 rings (SSSR count). The largest absolute Gasteiger partial charge is 0.389 e. The average Bonchev–Trinajstić information content (AvgIpc) is 2.93. The van der Waals surface area contributed by atoms with E-state index < -0.39 is 6.10 Å². The Hall–Kier alpha value is -0.880. The lowest BCUT2D eigenvalue weighted by Crippen LogP contribution is -2.25. The molecule has 1 atom stereocenters. The summed E-state index contributed by atoms with van der Waals surface area (Å²) in [4.78, 5) is 1.17. The van der Waals surface area contributed by atoms with Crippen LogP contribution in [-0.4, -0.2) is 24.4 Å². The minimum absolute atomic E-state index is 0.331. The summed E-state index contributed by atoms with van der Waals surface area (Å²) in [5.41, 5.74) is 2.18. The molecule has 0 aliphatic heterocycles. The van der Waals surface area contributed by atoms with Gasteiger partial charge in [-0.2, -0.15) is 0 Å². The molecule has 0 saturated heterocycles. The van der Waals surface area contributed by atoms with E-state index in [9.17, 15) is 5.11 Å². The molecule has 0 aliphatic carbocycles. The number of ether oxygens (including phenoxy) is 1. The van der Waals surface area contributed by atoms with E-state index in [-0.39, 0.29) is 0 Å². The number of aliphatic hydroxyl groups excluding tert-OH is 1. The van der Waals surface area contributed by atoms with Gasteiger partial charge in [-0.25, -0.2) is 0 Å². The molecule has 5 heteroatoms. The number of hydrogen-bond donors (Lipinski definition) is 2. The normalized spacial score (nSPS) is 12.3. The fourth-order valence-electron chi connectivity index (χ4n) is 1.76. The van der Waals surface area contributed by atoms with Crippen molar-refractivity contribution in [3.05, 3.63) is 50.6 Å². The van der Waals surface area contributed by atoms with Crippen LogP contribution in [0.2, 0.25) is 0 Å². The lowest BCUT2D eigenvalue weighted by molar-refractivity contribution is 0.0359.